The number of benzene rings is 1. The second-order valence-electron chi connectivity index (χ2n) is 8.15. The van der Waals surface area contributed by atoms with Crippen LogP contribution in [0.4, 0.5) is 0 Å². The van der Waals surface area contributed by atoms with Crippen molar-refractivity contribution in [2.24, 2.45) is 5.92 Å². The Labute approximate surface area is 178 Å². The fraction of sp³-hybridized carbons (Fsp3) is 0.360. The lowest BCUT2D eigenvalue weighted by atomic mass is 9.79. The Bertz CT molecular complexity index is 953. The molecule has 0 spiro atoms. The van der Waals surface area contributed by atoms with E-state index >= 15 is 0 Å². The normalized spacial score (nSPS) is 19.8. The lowest BCUT2D eigenvalue weighted by Gasteiger charge is -2.29. The lowest BCUT2D eigenvalue weighted by Crippen LogP contribution is -2.33. The maximum Gasteiger partial charge on any atom is 0.227 e. The first-order valence-electron chi connectivity index (χ1n) is 10.8. The highest BCUT2D eigenvalue weighted by atomic mass is 16.1. The third kappa shape index (κ3) is 4.73. The monoisotopic (exact) mass is 400 g/mol. The Balaban J connectivity index is 1.32. The van der Waals surface area contributed by atoms with Crippen molar-refractivity contribution in [3.8, 4) is 11.1 Å². The molecule has 4 rings (SSSR count). The molecule has 3 aromatic rings. The number of hydrogen-bond acceptors (Lipinski definition) is 4. The van der Waals surface area contributed by atoms with Crippen LogP contribution in [0.2, 0.25) is 0 Å². The van der Waals surface area contributed by atoms with Gasteiger partial charge in [-0.05, 0) is 61.8 Å². The Morgan fingerprint density at radius 1 is 1.03 bits per heavy atom. The van der Waals surface area contributed by atoms with Crippen molar-refractivity contribution in [1.29, 1.82) is 0 Å². The van der Waals surface area contributed by atoms with Gasteiger partial charge in [-0.15, -0.1) is 0 Å². The lowest BCUT2D eigenvalue weighted by molar-refractivity contribution is -0.122. The van der Waals surface area contributed by atoms with Crippen LogP contribution >= 0.6 is 0 Å². The molecule has 0 aliphatic heterocycles. The molecule has 5 nitrogen and oxygen atoms in total. The standard InChI is InChI=1S/C25H28N4O/c1-18(20-5-3-2-4-6-20)25(30)28-15-19-7-9-22(10-8-19)24-23(16-27-17-29-24)21-11-13-26-14-12-21/h2-6,11-14,16-19,22H,7-10,15H2,1H3,(H,28,30)/t18-,19?,22?/m1/s1. The summed E-state index contributed by atoms with van der Waals surface area (Å²) in [7, 11) is 0. The van der Waals surface area contributed by atoms with Crippen LogP contribution in [0.3, 0.4) is 0 Å². The van der Waals surface area contributed by atoms with Crippen molar-refractivity contribution in [3.05, 3.63) is 78.6 Å². The molecule has 30 heavy (non-hydrogen) atoms. The number of carbonyl (C=O) groups excluding carboxylic acids is 1. The zero-order chi connectivity index (χ0) is 20.8. The van der Waals surface area contributed by atoms with Crippen LogP contribution < -0.4 is 5.32 Å². The number of carbonyl (C=O) groups is 1. The third-order valence-electron chi connectivity index (χ3n) is 6.23. The SMILES string of the molecule is C[C@@H](C(=O)NCC1CCC(c2ncncc2-c2ccncc2)CC1)c1ccccc1. The van der Waals surface area contributed by atoms with E-state index in [2.05, 4.69) is 20.3 Å². The Hall–Kier alpha value is -3.08. The predicted octanol–water partition coefficient (Wildman–Crippen LogP) is 4.73. The molecule has 0 bridgehead atoms. The molecule has 0 unspecified atom stereocenters. The molecule has 1 atom stereocenters. The largest absolute Gasteiger partial charge is 0.355 e. The van der Waals surface area contributed by atoms with Gasteiger partial charge >= 0.3 is 0 Å². The van der Waals surface area contributed by atoms with Crippen molar-refractivity contribution in [1.82, 2.24) is 20.3 Å². The van der Waals surface area contributed by atoms with Crippen molar-refractivity contribution in [2.45, 2.75) is 44.4 Å². The van der Waals surface area contributed by atoms with Gasteiger partial charge in [-0.3, -0.25) is 9.78 Å². The number of amides is 1. The van der Waals surface area contributed by atoms with E-state index in [9.17, 15) is 4.79 Å². The van der Waals surface area contributed by atoms with E-state index in [1.165, 1.54) is 0 Å². The first-order chi connectivity index (χ1) is 14.7. The van der Waals surface area contributed by atoms with E-state index in [-0.39, 0.29) is 11.8 Å². The summed E-state index contributed by atoms with van der Waals surface area (Å²) in [5.74, 6) is 0.955. The zero-order valence-electron chi connectivity index (χ0n) is 17.4. The average Bonchev–Trinajstić information content (AvgIpc) is 2.83. The van der Waals surface area contributed by atoms with Crippen molar-refractivity contribution >= 4 is 5.91 Å². The Kier molecular flexibility index (Phi) is 6.47. The van der Waals surface area contributed by atoms with Crippen molar-refractivity contribution in [3.63, 3.8) is 0 Å². The Morgan fingerprint density at radius 2 is 1.77 bits per heavy atom. The summed E-state index contributed by atoms with van der Waals surface area (Å²) >= 11 is 0. The van der Waals surface area contributed by atoms with Gasteiger partial charge in [-0.1, -0.05) is 30.3 Å². The van der Waals surface area contributed by atoms with Gasteiger partial charge in [0.05, 0.1) is 11.6 Å². The molecule has 1 fully saturated rings. The number of aromatic nitrogens is 3. The first kappa shape index (κ1) is 20.2. The topological polar surface area (TPSA) is 67.8 Å². The third-order valence-corrected chi connectivity index (χ3v) is 6.23. The average molecular weight is 401 g/mol. The van der Waals surface area contributed by atoms with Crippen LogP contribution in [-0.2, 0) is 4.79 Å². The van der Waals surface area contributed by atoms with Crippen LogP contribution in [0, 0.1) is 5.92 Å². The van der Waals surface area contributed by atoms with E-state index < -0.39 is 0 Å². The summed E-state index contributed by atoms with van der Waals surface area (Å²) in [4.78, 5) is 25.5. The minimum Gasteiger partial charge on any atom is -0.355 e. The second kappa shape index (κ2) is 9.61. The van der Waals surface area contributed by atoms with Crippen LogP contribution in [0.1, 0.15) is 55.7 Å². The minimum absolute atomic E-state index is 0.110. The smallest absolute Gasteiger partial charge is 0.227 e. The number of nitrogens with zero attached hydrogens (tertiary/aromatic N) is 3. The summed E-state index contributed by atoms with van der Waals surface area (Å²) in [6, 6.07) is 14.0. The van der Waals surface area contributed by atoms with Gasteiger partial charge in [0.2, 0.25) is 5.91 Å². The number of nitrogens with one attached hydrogen (secondary N) is 1. The van der Waals surface area contributed by atoms with E-state index in [1.54, 1.807) is 6.33 Å². The molecule has 0 radical (unpaired) electrons. The van der Waals surface area contributed by atoms with E-state index in [4.69, 9.17) is 0 Å². The molecule has 1 aromatic carbocycles. The highest BCUT2D eigenvalue weighted by Crippen LogP contribution is 2.38. The van der Waals surface area contributed by atoms with Gasteiger partial charge in [0.25, 0.3) is 0 Å². The number of pyridine rings is 1. The van der Waals surface area contributed by atoms with Crippen LogP contribution in [0.5, 0.6) is 0 Å². The van der Waals surface area contributed by atoms with Gasteiger partial charge < -0.3 is 5.32 Å². The molecule has 154 valence electrons. The molecule has 1 N–H and O–H groups in total. The molecule has 5 heteroatoms. The summed E-state index contributed by atoms with van der Waals surface area (Å²) in [6.45, 7) is 2.72. The first-order valence-corrected chi connectivity index (χ1v) is 10.8. The van der Waals surface area contributed by atoms with Crippen LogP contribution in [0.25, 0.3) is 11.1 Å². The molecule has 1 saturated carbocycles. The molecular weight excluding hydrogens is 372 g/mol. The predicted molar refractivity (Wildman–Crippen MR) is 118 cm³/mol. The van der Waals surface area contributed by atoms with Gasteiger partial charge in [-0.25, -0.2) is 9.97 Å². The molecular formula is C25H28N4O. The molecule has 2 heterocycles. The fourth-order valence-electron chi connectivity index (χ4n) is 4.35. The zero-order valence-corrected chi connectivity index (χ0v) is 17.4. The maximum absolute atomic E-state index is 12.5. The fourth-order valence-corrected chi connectivity index (χ4v) is 4.35. The number of hydrogen-bond donors (Lipinski definition) is 1. The molecule has 1 amide bonds. The maximum atomic E-state index is 12.5. The summed E-state index contributed by atoms with van der Waals surface area (Å²) in [6.07, 6.45) is 11.6. The summed E-state index contributed by atoms with van der Waals surface area (Å²) in [5, 5.41) is 3.17. The van der Waals surface area contributed by atoms with Gasteiger partial charge in [-0.2, -0.15) is 0 Å². The summed E-state index contributed by atoms with van der Waals surface area (Å²) in [5.41, 5.74) is 4.42. The summed E-state index contributed by atoms with van der Waals surface area (Å²) < 4.78 is 0. The highest BCUT2D eigenvalue weighted by molar-refractivity contribution is 5.83. The molecule has 1 aliphatic carbocycles. The quantitative estimate of drug-likeness (QED) is 0.649. The van der Waals surface area contributed by atoms with Crippen LogP contribution in [0.15, 0.2) is 67.4 Å². The van der Waals surface area contributed by atoms with Gasteiger partial charge in [0, 0.05) is 36.6 Å². The minimum atomic E-state index is -0.119. The van der Waals surface area contributed by atoms with E-state index in [0.29, 0.717) is 11.8 Å². The van der Waals surface area contributed by atoms with Crippen LogP contribution in [-0.4, -0.2) is 27.4 Å². The molecule has 1 aliphatic rings. The van der Waals surface area contributed by atoms with Crippen molar-refractivity contribution < 1.29 is 4.79 Å². The molecule has 0 saturated heterocycles. The van der Waals surface area contributed by atoms with E-state index in [1.807, 2.05) is 68.0 Å². The van der Waals surface area contributed by atoms with E-state index in [0.717, 1.165) is 54.6 Å². The Morgan fingerprint density at radius 3 is 2.50 bits per heavy atom. The molecule has 2 aromatic heterocycles. The van der Waals surface area contributed by atoms with Gasteiger partial charge in [0.1, 0.15) is 6.33 Å². The second-order valence-corrected chi connectivity index (χ2v) is 8.15. The van der Waals surface area contributed by atoms with Crippen molar-refractivity contribution in [2.75, 3.05) is 6.54 Å². The highest BCUT2D eigenvalue weighted by Gasteiger charge is 2.26. The van der Waals surface area contributed by atoms with Gasteiger partial charge in [0.15, 0.2) is 0 Å². The number of rotatable bonds is 6.